The number of carbonyl (C=O) groups is 1. The first-order chi connectivity index (χ1) is 18.0. The quantitative estimate of drug-likeness (QED) is 0.520. The van der Waals surface area contributed by atoms with Gasteiger partial charge in [-0.25, -0.2) is 9.78 Å². The number of primary amides is 1. The van der Waals surface area contributed by atoms with Gasteiger partial charge < -0.3 is 24.7 Å². The molecule has 0 spiro atoms. The summed E-state index contributed by atoms with van der Waals surface area (Å²) < 4.78 is 24.3. The van der Waals surface area contributed by atoms with Gasteiger partial charge in [-0.2, -0.15) is 4.98 Å². The molecule has 5 heterocycles. The number of pyridine rings is 1. The third kappa shape index (κ3) is 4.61. The van der Waals surface area contributed by atoms with E-state index in [9.17, 15) is 9.59 Å². The van der Waals surface area contributed by atoms with E-state index in [-0.39, 0.29) is 43.2 Å². The highest BCUT2D eigenvalue weighted by Gasteiger charge is 2.38. The first-order valence-electron chi connectivity index (χ1n) is 12.0. The van der Waals surface area contributed by atoms with Crippen LogP contribution >= 0.6 is 0 Å². The van der Waals surface area contributed by atoms with E-state index < -0.39 is 5.41 Å². The minimum absolute atomic E-state index is 0.169. The maximum absolute atomic E-state index is 12.8. The molecule has 3 aliphatic rings. The van der Waals surface area contributed by atoms with Gasteiger partial charge in [-0.3, -0.25) is 9.36 Å². The first kappa shape index (κ1) is 23.1. The molecule has 6 rings (SSSR count). The van der Waals surface area contributed by atoms with Gasteiger partial charge in [0.05, 0.1) is 24.3 Å². The van der Waals surface area contributed by atoms with Crippen molar-refractivity contribution in [2.75, 3.05) is 26.4 Å². The summed E-state index contributed by atoms with van der Waals surface area (Å²) >= 11 is 0. The predicted octanol–water partition coefficient (Wildman–Crippen LogP) is 1.32. The summed E-state index contributed by atoms with van der Waals surface area (Å²) in [6.45, 7) is 1.77. The molecule has 0 radical (unpaired) electrons. The van der Waals surface area contributed by atoms with E-state index in [1.54, 1.807) is 29.0 Å². The molecule has 1 fully saturated rings. The van der Waals surface area contributed by atoms with Crippen molar-refractivity contribution in [2.24, 2.45) is 11.1 Å². The van der Waals surface area contributed by atoms with Crippen molar-refractivity contribution in [3.05, 3.63) is 64.2 Å². The van der Waals surface area contributed by atoms with Crippen LogP contribution in [0.2, 0.25) is 0 Å². The second kappa shape index (κ2) is 9.26. The van der Waals surface area contributed by atoms with Crippen LogP contribution in [0.25, 0.3) is 11.3 Å². The monoisotopic (exact) mass is 500 g/mol. The number of benzene rings is 1. The van der Waals surface area contributed by atoms with Gasteiger partial charge in [0.1, 0.15) is 13.2 Å². The van der Waals surface area contributed by atoms with Gasteiger partial charge in [0, 0.05) is 36.4 Å². The molecular formula is C27H24N4O6. The highest BCUT2D eigenvalue weighted by Crippen LogP contribution is 2.33. The van der Waals surface area contributed by atoms with Gasteiger partial charge in [-0.1, -0.05) is 17.9 Å². The molecule has 10 heteroatoms. The minimum atomic E-state index is -0.509. The molecule has 37 heavy (non-hydrogen) atoms. The SMILES string of the molecule is NC(=O)CC1(C#Cc2ccc3c(c2)CCn2c-3cc(OCC3COc4ncccc4O3)nc2=O)COC1. The molecule has 1 aromatic carbocycles. The third-order valence-electron chi connectivity index (χ3n) is 6.57. The fraction of sp³-hybridized carbons (Fsp3) is 0.333. The van der Waals surface area contributed by atoms with E-state index in [0.717, 1.165) is 22.4 Å². The van der Waals surface area contributed by atoms with Crippen LogP contribution in [0.15, 0.2) is 47.4 Å². The summed E-state index contributed by atoms with van der Waals surface area (Å²) in [5, 5.41) is 0. The predicted molar refractivity (Wildman–Crippen MR) is 131 cm³/mol. The molecule has 2 aromatic heterocycles. The normalized spacial score (nSPS) is 18.3. The van der Waals surface area contributed by atoms with Crippen LogP contribution in [0.5, 0.6) is 17.5 Å². The molecule has 3 aliphatic heterocycles. The van der Waals surface area contributed by atoms with Gasteiger partial charge in [-0.15, -0.1) is 0 Å². The van der Waals surface area contributed by atoms with E-state index >= 15 is 0 Å². The highest BCUT2D eigenvalue weighted by molar-refractivity contribution is 5.75. The Kier molecular flexibility index (Phi) is 5.77. The van der Waals surface area contributed by atoms with Crippen LogP contribution in [0.3, 0.4) is 0 Å². The first-order valence-corrected chi connectivity index (χ1v) is 12.0. The van der Waals surface area contributed by atoms with Crippen LogP contribution in [0.1, 0.15) is 17.5 Å². The summed E-state index contributed by atoms with van der Waals surface area (Å²) in [5.74, 6) is 7.22. The maximum Gasteiger partial charge on any atom is 0.351 e. The van der Waals surface area contributed by atoms with Crippen LogP contribution in [0.4, 0.5) is 0 Å². The zero-order valence-corrected chi connectivity index (χ0v) is 19.9. The summed E-state index contributed by atoms with van der Waals surface area (Å²) in [7, 11) is 0. The number of hydrogen-bond acceptors (Lipinski definition) is 8. The molecule has 188 valence electrons. The number of amides is 1. The smallest absolute Gasteiger partial charge is 0.351 e. The Balaban J connectivity index is 1.21. The molecule has 0 saturated carbocycles. The highest BCUT2D eigenvalue weighted by atomic mass is 16.6. The molecule has 1 unspecified atom stereocenters. The van der Waals surface area contributed by atoms with Crippen molar-refractivity contribution in [3.63, 3.8) is 0 Å². The summed E-state index contributed by atoms with van der Waals surface area (Å²) in [6.07, 6.45) is 2.14. The molecule has 10 nitrogen and oxygen atoms in total. The number of rotatable bonds is 5. The number of carbonyl (C=O) groups excluding carboxylic acids is 1. The second-order valence-electron chi connectivity index (χ2n) is 9.37. The number of aryl methyl sites for hydroxylation is 1. The molecular weight excluding hydrogens is 476 g/mol. The Bertz CT molecular complexity index is 1500. The summed E-state index contributed by atoms with van der Waals surface area (Å²) in [6, 6.07) is 11.2. The van der Waals surface area contributed by atoms with Crippen molar-refractivity contribution in [1.29, 1.82) is 0 Å². The summed E-state index contributed by atoms with van der Waals surface area (Å²) in [4.78, 5) is 32.4. The number of ether oxygens (including phenoxy) is 4. The average Bonchev–Trinajstić information content (AvgIpc) is 2.88. The largest absolute Gasteiger partial charge is 0.478 e. The lowest BCUT2D eigenvalue weighted by Crippen LogP contribution is -2.44. The topological polar surface area (TPSA) is 128 Å². The van der Waals surface area contributed by atoms with Gasteiger partial charge >= 0.3 is 5.69 Å². The average molecular weight is 501 g/mol. The van der Waals surface area contributed by atoms with E-state index in [1.165, 1.54) is 0 Å². The van der Waals surface area contributed by atoms with E-state index in [4.69, 9.17) is 24.7 Å². The molecule has 2 N–H and O–H groups in total. The van der Waals surface area contributed by atoms with Crippen molar-refractivity contribution in [3.8, 4) is 40.6 Å². The fourth-order valence-corrected chi connectivity index (χ4v) is 4.68. The third-order valence-corrected chi connectivity index (χ3v) is 6.57. The van der Waals surface area contributed by atoms with Gasteiger partial charge in [-0.05, 0) is 36.2 Å². The van der Waals surface area contributed by atoms with Crippen LogP contribution in [0, 0.1) is 17.3 Å². The lowest BCUT2D eigenvalue weighted by Gasteiger charge is -2.35. The zero-order chi connectivity index (χ0) is 25.4. The number of nitrogens with two attached hydrogens (primary N) is 1. The Morgan fingerprint density at radius 2 is 2.16 bits per heavy atom. The Morgan fingerprint density at radius 3 is 2.97 bits per heavy atom. The van der Waals surface area contributed by atoms with E-state index in [0.29, 0.717) is 37.8 Å². The maximum atomic E-state index is 12.8. The zero-order valence-electron chi connectivity index (χ0n) is 19.9. The molecule has 3 aromatic rings. The van der Waals surface area contributed by atoms with Gasteiger partial charge in [0.25, 0.3) is 5.88 Å². The van der Waals surface area contributed by atoms with Crippen molar-refractivity contribution in [1.82, 2.24) is 14.5 Å². The van der Waals surface area contributed by atoms with Gasteiger partial charge in [0.15, 0.2) is 11.9 Å². The van der Waals surface area contributed by atoms with Crippen molar-refractivity contribution in [2.45, 2.75) is 25.5 Å². The number of nitrogens with zero attached hydrogens (tertiary/aromatic N) is 3. The molecule has 1 amide bonds. The Hall–Kier alpha value is -4.36. The number of fused-ring (bicyclic) bond motifs is 4. The number of hydrogen-bond donors (Lipinski definition) is 1. The van der Waals surface area contributed by atoms with E-state index in [1.807, 2.05) is 18.2 Å². The fourth-order valence-electron chi connectivity index (χ4n) is 4.68. The van der Waals surface area contributed by atoms with Crippen LogP contribution in [-0.2, 0) is 22.5 Å². The number of aromatic nitrogens is 3. The van der Waals surface area contributed by atoms with Crippen molar-refractivity contribution < 1.29 is 23.7 Å². The Morgan fingerprint density at radius 1 is 1.27 bits per heavy atom. The lowest BCUT2D eigenvalue weighted by molar-refractivity contribution is -0.129. The molecule has 0 aliphatic carbocycles. The Labute approximate surface area is 212 Å². The lowest BCUT2D eigenvalue weighted by atomic mass is 9.82. The molecule has 1 saturated heterocycles. The van der Waals surface area contributed by atoms with Crippen LogP contribution < -0.4 is 25.6 Å². The second-order valence-corrected chi connectivity index (χ2v) is 9.37. The van der Waals surface area contributed by atoms with Crippen LogP contribution in [-0.4, -0.2) is 53.0 Å². The van der Waals surface area contributed by atoms with Crippen molar-refractivity contribution >= 4 is 5.91 Å². The van der Waals surface area contributed by atoms with E-state index in [2.05, 4.69) is 21.8 Å². The minimum Gasteiger partial charge on any atom is -0.478 e. The molecule has 0 bridgehead atoms. The standard InChI is InChI=1S/C27H24N4O6/c28-23(32)12-27(15-34-16-27)7-5-17-3-4-20-18(10-17)6-9-31-21(20)11-24(30-26(31)33)35-13-19-14-36-25-22(37-19)2-1-8-29-25/h1-4,8,10-11,19H,6,9,12-16H2,(H2,28,32). The van der Waals surface area contributed by atoms with Gasteiger partial charge in [0.2, 0.25) is 11.8 Å². The summed E-state index contributed by atoms with van der Waals surface area (Å²) in [5.41, 5.74) is 8.08. The molecule has 1 atom stereocenters.